The minimum Gasteiger partial charge on any atom is -0.376 e. The number of imide groups is 1. The van der Waals surface area contributed by atoms with Crippen LogP contribution in [0.3, 0.4) is 0 Å². The van der Waals surface area contributed by atoms with Crippen molar-refractivity contribution in [2.24, 2.45) is 0 Å². The zero-order valence-corrected chi connectivity index (χ0v) is 12.7. The summed E-state index contributed by atoms with van der Waals surface area (Å²) in [5, 5.41) is 12.2. The maximum absolute atomic E-state index is 12.8. The summed E-state index contributed by atoms with van der Waals surface area (Å²) in [7, 11) is 0. The molecule has 1 saturated heterocycles. The van der Waals surface area contributed by atoms with Crippen LogP contribution in [0.2, 0.25) is 0 Å². The quantitative estimate of drug-likeness (QED) is 0.491. The molecule has 2 heterocycles. The summed E-state index contributed by atoms with van der Waals surface area (Å²) < 4.78 is 5.52. The van der Waals surface area contributed by atoms with E-state index in [1.54, 1.807) is 18.2 Å². The summed E-state index contributed by atoms with van der Waals surface area (Å²) in [6.07, 6.45) is 1.53. The number of hydrogen-bond acceptors (Lipinski definition) is 5. The molecule has 1 fully saturated rings. The van der Waals surface area contributed by atoms with Crippen LogP contribution in [0.25, 0.3) is 10.8 Å². The monoisotopic (exact) mass is 326 g/mol. The van der Waals surface area contributed by atoms with Crippen molar-refractivity contribution in [1.29, 1.82) is 0 Å². The van der Waals surface area contributed by atoms with Gasteiger partial charge in [-0.15, -0.1) is 0 Å². The summed E-state index contributed by atoms with van der Waals surface area (Å²) >= 11 is 0. The molecule has 0 spiro atoms. The standard InChI is InChI=1S/C17H14N2O5/c20-16-13-5-1-3-10-7-11(19(22)23)8-14(15(10)13)17(21)18(16)9-12-4-2-6-24-12/h1,3,5,7-8,12H,2,4,6,9H2/t12-/m0/s1. The number of non-ortho nitro benzene ring substituents is 1. The first-order valence-electron chi connectivity index (χ1n) is 7.75. The van der Waals surface area contributed by atoms with Gasteiger partial charge in [0.25, 0.3) is 17.5 Å². The van der Waals surface area contributed by atoms with Crippen molar-refractivity contribution in [2.75, 3.05) is 13.2 Å². The van der Waals surface area contributed by atoms with E-state index in [0.29, 0.717) is 22.9 Å². The molecule has 0 aromatic heterocycles. The lowest BCUT2D eigenvalue weighted by molar-refractivity contribution is -0.384. The molecule has 122 valence electrons. The van der Waals surface area contributed by atoms with Crippen molar-refractivity contribution in [1.82, 2.24) is 4.90 Å². The third kappa shape index (κ3) is 2.16. The van der Waals surface area contributed by atoms with Gasteiger partial charge in [0.15, 0.2) is 0 Å². The van der Waals surface area contributed by atoms with Gasteiger partial charge in [-0.1, -0.05) is 12.1 Å². The average Bonchev–Trinajstić information content (AvgIpc) is 3.09. The van der Waals surface area contributed by atoms with Gasteiger partial charge >= 0.3 is 0 Å². The van der Waals surface area contributed by atoms with E-state index in [-0.39, 0.29) is 29.8 Å². The summed E-state index contributed by atoms with van der Waals surface area (Å²) in [6, 6.07) is 7.63. The smallest absolute Gasteiger partial charge is 0.270 e. The molecule has 7 nitrogen and oxygen atoms in total. The minimum absolute atomic E-state index is 0.158. The number of ether oxygens (including phenoxy) is 1. The first kappa shape index (κ1) is 14.8. The van der Waals surface area contributed by atoms with Crippen LogP contribution < -0.4 is 0 Å². The molecule has 0 saturated carbocycles. The van der Waals surface area contributed by atoms with Gasteiger partial charge in [-0.05, 0) is 24.3 Å². The van der Waals surface area contributed by atoms with Gasteiger partial charge in [0.2, 0.25) is 0 Å². The zero-order chi connectivity index (χ0) is 16.8. The fourth-order valence-corrected chi connectivity index (χ4v) is 3.41. The van der Waals surface area contributed by atoms with E-state index in [1.807, 2.05) is 0 Å². The second-order valence-corrected chi connectivity index (χ2v) is 6.01. The van der Waals surface area contributed by atoms with Gasteiger partial charge in [-0.3, -0.25) is 24.6 Å². The average molecular weight is 326 g/mol. The van der Waals surface area contributed by atoms with E-state index in [2.05, 4.69) is 0 Å². The second-order valence-electron chi connectivity index (χ2n) is 6.01. The molecular formula is C17H14N2O5. The van der Waals surface area contributed by atoms with E-state index in [4.69, 9.17) is 4.74 Å². The number of nitrogens with zero attached hydrogens (tertiary/aromatic N) is 2. The molecule has 0 radical (unpaired) electrons. The van der Waals surface area contributed by atoms with Gasteiger partial charge in [0, 0.05) is 29.7 Å². The van der Waals surface area contributed by atoms with E-state index in [0.717, 1.165) is 17.7 Å². The predicted octanol–water partition coefficient (Wildman–Crippen LogP) is 2.52. The number of benzene rings is 2. The van der Waals surface area contributed by atoms with Crippen molar-refractivity contribution in [3.63, 3.8) is 0 Å². The maximum atomic E-state index is 12.8. The van der Waals surface area contributed by atoms with Gasteiger partial charge in [-0.25, -0.2) is 0 Å². The lowest BCUT2D eigenvalue weighted by atomic mass is 9.93. The van der Waals surface area contributed by atoms with Crippen molar-refractivity contribution in [3.8, 4) is 0 Å². The van der Waals surface area contributed by atoms with Gasteiger partial charge < -0.3 is 4.74 Å². The highest BCUT2D eigenvalue weighted by atomic mass is 16.6. The zero-order valence-electron chi connectivity index (χ0n) is 12.7. The number of rotatable bonds is 3. The number of hydrogen-bond donors (Lipinski definition) is 0. The van der Waals surface area contributed by atoms with Crippen LogP contribution in [0.15, 0.2) is 30.3 Å². The van der Waals surface area contributed by atoms with Crippen molar-refractivity contribution < 1.29 is 19.2 Å². The Labute approximate surface area is 137 Å². The fourth-order valence-electron chi connectivity index (χ4n) is 3.41. The molecule has 4 rings (SSSR count). The topological polar surface area (TPSA) is 89.8 Å². The van der Waals surface area contributed by atoms with Crippen molar-refractivity contribution >= 4 is 28.3 Å². The summed E-state index contributed by atoms with van der Waals surface area (Å²) in [6.45, 7) is 0.800. The molecular weight excluding hydrogens is 312 g/mol. The third-order valence-electron chi connectivity index (χ3n) is 4.53. The van der Waals surface area contributed by atoms with Crippen LogP contribution in [-0.2, 0) is 4.74 Å². The molecule has 24 heavy (non-hydrogen) atoms. The molecule has 1 atom stereocenters. The minimum atomic E-state index is -0.531. The highest BCUT2D eigenvalue weighted by Crippen LogP contribution is 2.33. The van der Waals surface area contributed by atoms with E-state index in [9.17, 15) is 19.7 Å². The van der Waals surface area contributed by atoms with Crippen LogP contribution in [0.5, 0.6) is 0 Å². The number of nitro benzene ring substituents is 1. The van der Waals surface area contributed by atoms with Crippen LogP contribution in [0.1, 0.15) is 33.6 Å². The SMILES string of the molecule is O=C1c2cccc3cc([N+](=O)[O-])cc(c23)C(=O)N1C[C@@H]1CCCO1. The first-order valence-corrected chi connectivity index (χ1v) is 7.75. The molecule has 2 aliphatic rings. The summed E-state index contributed by atoms with van der Waals surface area (Å²) in [5.74, 6) is -0.870. The Morgan fingerprint density at radius 2 is 2.00 bits per heavy atom. The van der Waals surface area contributed by atoms with E-state index >= 15 is 0 Å². The predicted molar refractivity (Wildman–Crippen MR) is 84.9 cm³/mol. The molecule has 2 aromatic carbocycles. The summed E-state index contributed by atoms with van der Waals surface area (Å²) in [5.41, 5.74) is 0.441. The third-order valence-corrected chi connectivity index (χ3v) is 4.53. The van der Waals surface area contributed by atoms with Crippen molar-refractivity contribution in [2.45, 2.75) is 18.9 Å². The molecule has 7 heteroatoms. The van der Waals surface area contributed by atoms with Gasteiger partial charge in [0.05, 0.1) is 23.1 Å². The Kier molecular flexibility index (Phi) is 3.31. The molecule has 0 aliphatic carbocycles. The highest BCUT2D eigenvalue weighted by molar-refractivity contribution is 6.25. The second kappa shape index (κ2) is 5.38. The molecule has 0 unspecified atom stereocenters. The van der Waals surface area contributed by atoms with Crippen LogP contribution >= 0.6 is 0 Å². The van der Waals surface area contributed by atoms with Crippen molar-refractivity contribution in [3.05, 3.63) is 51.6 Å². The molecule has 0 bridgehead atoms. The van der Waals surface area contributed by atoms with E-state index in [1.165, 1.54) is 12.1 Å². The fraction of sp³-hybridized carbons (Fsp3) is 0.294. The van der Waals surface area contributed by atoms with E-state index < -0.39 is 10.8 Å². The number of amides is 2. The molecule has 2 aromatic rings. The van der Waals surface area contributed by atoms with Crippen LogP contribution in [-0.4, -0.2) is 40.9 Å². The Morgan fingerprint density at radius 1 is 1.21 bits per heavy atom. The number of carbonyl (C=O) groups is 2. The lowest BCUT2D eigenvalue weighted by Gasteiger charge is -2.28. The normalized spacial score (nSPS) is 20.0. The highest BCUT2D eigenvalue weighted by Gasteiger charge is 2.36. The Balaban J connectivity index is 1.86. The molecule has 2 amide bonds. The van der Waals surface area contributed by atoms with Gasteiger partial charge in [0.1, 0.15) is 0 Å². The summed E-state index contributed by atoms with van der Waals surface area (Å²) in [4.78, 5) is 37.3. The molecule has 0 N–H and O–H groups in total. The van der Waals surface area contributed by atoms with Gasteiger partial charge in [-0.2, -0.15) is 0 Å². The maximum Gasteiger partial charge on any atom is 0.270 e. The molecule has 2 aliphatic heterocycles. The Morgan fingerprint density at radius 3 is 2.71 bits per heavy atom. The largest absolute Gasteiger partial charge is 0.376 e. The first-order chi connectivity index (χ1) is 11.6. The lowest BCUT2D eigenvalue weighted by Crippen LogP contribution is -2.44. The number of carbonyl (C=O) groups excluding carboxylic acids is 2. The van der Waals surface area contributed by atoms with Crippen LogP contribution in [0.4, 0.5) is 5.69 Å². The van der Waals surface area contributed by atoms with Crippen LogP contribution in [0, 0.1) is 10.1 Å². The Bertz CT molecular complexity index is 886. The Hall–Kier alpha value is -2.80. The number of nitro groups is 1.